The maximum Gasteiger partial charge on any atom is 0.194 e. The Balaban J connectivity index is 0.00000363. The molecular weight excluding hydrogens is 513 g/mol. The fourth-order valence-corrected chi connectivity index (χ4v) is 4.30. The Labute approximate surface area is 212 Å². The minimum absolute atomic E-state index is 0. The summed E-state index contributed by atoms with van der Waals surface area (Å²) >= 11 is 0. The van der Waals surface area contributed by atoms with Crippen LogP contribution in [0.5, 0.6) is 0 Å². The van der Waals surface area contributed by atoms with E-state index in [4.69, 9.17) is 9.73 Å². The van der Waals surface area contributed by atoms with E-state index in [0.717, 1.165) is 64.9 Å². The molecule has 2 fully saturated rings. The fraction of sp³-hybridized carbons (Fsp3) is 0.640. The van der Waals surface area contributed by atoms with Gasteiger partial charge in [0.15, 0.2) is 5.96 Å². The number of halogens is 1. The van der Waals surface area contributed by atoms with Gasteiger partial charge in [0.05, 0.1) is 6.61 Å². The summed E-state index contributed by atoms with van der Waals surface area (Å²) in [6.45, 7) is 13.5. The van der Waals surface area contributed by atoms with Gasteiger partial charge in [0.1, 0.15) is 0 Å². The molecule has 2 saturated heterocycles. The number of rotatable bonds is 9. The normalized spacial score (nSPS) is 19.3. The van der Waals surface area contributed by atoms with Gasteiger partial charge >= 0.3 is 0 Å². The summed E-state index contributed by atoms with van der Waals surface area (Å²) in [7, 11) is 1.78. The van der Waals surface area contributed by atoms with Crippen molar-refractivity contribution in [3.63, 3.8) is 0 Å². The molecule has 32 heavy (non-hydrogen) atoms. The molecule has 2 heterocycles. The molecule has 1 N–H and O–H groups in total. The zero-order valence-electron chi connectivity index (χ0n) is 19.9. The van der Waals surface area contributed by atoms with Crippen LogP contribution in [-0.2, 0) is 4.74 Å². The minimum atomic E-state index is 0. The zero-order chi connectivity index (χ0) is 21.7. The van der Waals surface area contributed by atoms with E-state index in [-0.39, 0.29) is 24.0 Å². The number of hydrogen-bond donors (Lipinski definition) is 1. The molecule has 0 spiro atoms. The van der Waals surface area contributed by atoms with Gasteiger partial charge in [-0.05, 0) is 44.3 Å². The molecule has 0 unspecified atom stereocenters. The highest BCUT2D eigenvalue weighted by molar-refractivity contribution is 14.0. The highest BCUT2D eigenvalue weighted by Gasteiger charge is 2.21. The number of aliphatic imine (C=N–C) groups is 1. The topological polar surface area (TPSA) is 43.3 Å². The largest absolute Gasteiger partial charge is 0.383 e. The van der Waals surface area contributed by atoms with Crippen LogP contribution in [0.3, 0.4) is 0 Å². The maximum absolute atomic E-state index is 5.21. The van der Waals surface area contributed by atoms with Gasteiger partial charge < -0.3 is 19.9 Å². The smallest absolute Gasteiger partial charge is 0.194 e. The van der Waals surface area contributed by atoms with E-state index < -0.39 is 0 Å². The van der Waals surface area contributed by atoms with E-state index in [1.807, 2.05) is 0 Å². The molecule has 0 atom stereocenters. The zero-order valence-corrected chi connectivity index (χ0v) is 22.2. The number of nitrogens with zero attached hydrogens (tertiary/aromatic N) is 4. The van der Waals surface area contributed by atoms with Crippen LogP contribution in [0.1, 0.15) is 25.3 Å². The summed E-state index contributed by atoms with van der Waals surface area (Å²) in [5.41, 5.74) is 1.27. The lowest BCUT2D eigenvalue weighted by atomic mass is 9.97. The van der Waals surface area contributed by atoms with Crippen molar-refractivity contribution in [2.45, 2.75) is 19.8 Å². The van der Waals surface area contributed by atoms with E-state index in [9.17, 15) is 0 Å². The second kappa shape index (κ2) is 15.6. The molecule has 180 valence electrons. The first-order valence-electron chi connectivity index (χ1n) is 12.0. The summed E-state index contributed by atoms with van der Waals surface area (Å²) in [6.07, 6.45) is 6.99. The molecule has 1 aromatic carbocycles. The van der Waals surface area contributed by atoms with Crippen LogP contribution >= 0.6 is 24.0 Å². The number of piperidine rings is 1. The number of piperazine rings is 1. The first kappa shape index (κ1) is 27.1. The molecule has 0 amide bonds. The third-order valence-corrected chi connectivity index (χ3v) is 6.30. The van der Waals surface area contributed by atoms with Gasteiger partial charge in [0, 0.05) is 59.5 Å². The van der Waals surface area contributed by atoms with Crippen molar-refractivity contribution in [2.75, 3.05) is 79.2 Å². The Morgan fingerprint density at radius 2 is 1.78 bits per heavy atom. The van der Waals surface area contributed by atoms with Crippen molar-refractivity contribution in [1.82, 2.24) is 20.0 Å². The number of ether oxygens (including phenoxy) is 1. The summed E-state index contributed by atoms with van der Waals surface area (Å²) in [6, 6.07) is 10.5. The van der Waals surface area contributed by atoms with Crippen LogP contribution in [0, 0.1) is 5.92 Å². The summed E-state index contributed by atoms with van der Waals surface area (Å²) in [4.78, 5) is 12.5. The summed E-state index contributed by atoms with van der Waals surface area (Å²) in [5, 5.41) is 3.52. The van der Waals surface area contributed by atoms with Crippen molar-refractivity contribution in [1.29, 1.82) is 0 Å². The van der Waals surface area contributed by atoms with Crippen molar-refractivity contribution in [3.05, 3.63) is 42.0 Å². The second-order valence-electron chi connectivity index (χ2n) is 8.57. The van der Waals surface area contributed by atoms with Crippen LogP contribution in [0.4, 0.5) is 0 Å². The minimum Gasteiger partial charge on any atom is -0.383 e. The second-order valence-corrected chi connectivity index (χ2v) is 8.57. The van der Waals surface area contributed by atoms with E-state index in [2.05, 4.69) is 69.4 Å². The predicted octanol–water partition coefficient (Wildman–Crippen LogP) is 3.26. The Bertz CT molecular complexity index is 668. The molecule has 1 aromatic rings. The van der Waals surface area contributed by atoms with Crippen LogP contribution in [-0.4, -0.2) is 99.8 Å². The van der Waals surface area contributed by atoms with Gasteiger partial charge in [0.25, 0.3) is 0 Å². The van der Waals surface area contributed by atoms with Crippen LogP contribution < -0.4 is 5.32 Å². The first-order valence-corrected chi connectivity index (χ1v) is 12.0. The average molecular weight is 556 g/mol. The first-order chi connectivity index (χ1) is 15.3. The van der Waals surface area contributed by atoms with Crippen LogP contribution in [0.15, 0.2) is 41.4 Å². The average Bonchev–Trinajstić information content (AvgIpc) is 2.82. The Morgan fingerprint density at radius 1 is 1.06 bits per heavy atom. The number of methoxy groups -OCH3 is 1. The maximum atomic E-state index is 5.21. The van der Waals surface area contributed by atoms with Crippen molar-refractivity contribution in [3.8, 4) is 0 Å². The Morgan fingerprint density at radius 3 is 2.44 bits per heavy atom. The summed E-state index contributed by atoms with van der Waals surface area (Å²) in [5.74, 6) is 1.81. The highest BCUT2D eigenvalue weighted by Crippen LogP contribution is 2.17. The molecule has 0 bridgehead atoms. The van der Waals surface area contributed by atoms with E-state index in [1.165, 1.54) is 31.5 Å². The van der Waals surface area contributed by atoms with Crippen molar-refractivity contribution >= 4 is 36.0 Å². The van der Waals surface area contributed by atoms with E-state index in [0.29, 0.717) is 5.92 Å². The lowest BCUT2D eigenvalue weighted by Crippen LogP contribution is -2.52. The molecule has 2 aliphatic rings. The quantitative estimate of drug-likeness (QED) is 0.288. The molecule has 2 aliphatic heterocycles. The Kier molecular flexibility index (Phi) is 13.2. The van der Waals surface area contributed by atoms with E-state index >= 15 is 0 Å². The van der Waals surface area contributed by atoms with Crippen molar-refractivity contribution < 1.29 is 4.74 Å². The molecule has 7 heteroatoms. The van der Waals surface area contributed by atoms with Crippen LogP contribution in [0.25, 0.3) is 6.08 Å². The molecule has 6 nitrogen and oxygen atoms in total. The molecule has 0 aromatic heterocycles. The standard InChI is InChI=1S/C25H41N5O.HI/c1-3-26-25(27-22-24-11-14-29(15-12-24)20-21-31-2)30-18-16-28(17-19-30)13-7-10-23-8-5-4-6-9-23;/h4-10,24H,3,11-22H2,1-2H3,(H,26,27);1H/b10-7+;. The van der Waals surface area contributed by atoms with Gasteiger partial charge in [-0.25, -0.2) is 0 Å². The third-order valence-electron chi connectivity index (χ3n) is 6.30. The van der Waals surface area contributed by atoms with Gasteiger partial charge in [-0.3, -0.25) is 9.89 Å². The number of guanidine groups is 1. The molecule has 0 aliphatic carbocycles. The predicted molar refractivity (Wildman–Crippen MR) is 146 cm³/mol. The fourth-order valence-electron chi connectivity index (χ4n) is 4.30. The van der Waals surface area contributed by atoms with Crippen LogP contribution in [0.2, 0.25) is 0 Å². The molecule has 3 rings (SSSR count). The van der Waals surface area contributed by atoms with Gasteiger partial charge in [0.2, 0.25) is 0 Å². The lowest BCUT2D eigenvalue weighted by Gasteiger charge is -2.36. The molecule has 0 saturated carbocycles. The third kappa shape index (κ3) is 9.37. The number of likely N-dealkylation sites (tertiary alicyclic amines) is 1. The number of nitrogens with one attached hydrogen (secondary N) is 1. The number of hydrogen-bond acceptors (Lipinski definition) is 4. The molecular formula is C25H42IN5O. The Hall–Kier alpha value is -1.16. The number of benzene rings is 1. The summed E-state index contributed by atoms with van der Waals surface area (Å²) < 4.78 is 5.21. The highest BCUT2D eigenvalue weighted by atomic mass is 127. The van der Waals surface area contributed by atoms with Gasteiger partial charge in [-0.15, -0.1) is 24.0 Å². The van der Waals surface area contributed by atoms with Gasteiger partial charge in [-0.2, -0.15) is 0 Å². The monoisotopic (exact) mass is 555 g/mol. The molecule has 0 radical (unpaired) electrons. The van der Waals surface area contributed by atoms with E-state index in [1.54, 1.807) is 7.11 Å². The van der Waals surface area contributed by atoms with Crippen molar-refractivity contribution in [2.24, 2.45) is 10.9 Å². The SMILES string of the molecule is CCNC(=NCC1CCN(CCOC)CC1)N1CCN(C/C=C/c2ccccc2)CC1.I. The lowest BCUT2D eigenvalue weighted by molar-refractivity contribution is 0.121. The van der Waals surface area contributed by atoms with Gasteiger partial charge in [-0.1, -0.05) is 42.5 Å².